The van der Waals surface area contributed by atoms with Gasteiger partial charge in [-0.25, -0.2) is 14.0 Å². The van der Waals surface area contributed by atoms with Crippen LogP contribution in [0.2, 0.25) is 5.02 Å². The first-order chi connectivity index (χ1) is 5.52. The van der Waals surface area contributed by atoms with Gasteiger partial charge in [-0.1, -0.05) is 11.6 Å². The molecular weight excluding hydrogens is 192 g/mol. The summed E-state index contributed by atoms with van der Waals surface area (Å²) in [6.45, 7) is 0. The lowest BCUT2D eigenvalue weighted by atomic mass is 10.3. The lowest BCUT2D eigenvalue weighted by Gasteiger charge is -2.11. The van der Waals surface area contributed by atoms with Crippen molar-refractivity contribution < 1.29 is 19.2 Å². The molecule has 3 nitrogen and oxygen atoms in total. The molecule has 2 N–H and O–H groups in total. The molecule has 66 valence electrons. The Hall–Kier alpha value is -0.750. The molecule has 0 spiro atoms. The van der Waals surface area contributed by atoms with E-state index < -0.39 is 21.9 Å². The maximum absolute atomic E-state index is 12.5. The van der Waals surface area contributed by atoms with E-state index in [1.165, 1.54) is 0 Å². The lowest BCUT2D eigenvalue weighted by Crippen LogP contribution is -2.99. The van der Waals surface area contributed by atoms with Gasteiger partial charge in [0.05, 0.1) is 5.02 Å². The number of nitrogens with one attached hydrogen (secondary N) is 1. The Bertz CT molecular complexity index is 283. The van der Waals surface area contributed by atoms with E-state index in [4.69, 9.17) is 16.8 Å². The molecule has 1 unspecified atom stereocenters. The normalized spacial score (nSPS) is 13.1. The SMILES string of the molecule is [O-][NH+](O)c1cc(F)c(F)c(Cl)c1. The third-order valence-electron chi connectivity index (χ3n) is 1.23. The quantitative estimate of drug-likeness (QED) is 0.519. The largest absolute Gasteiger partial charge is 0.595 e. The molecule has 0 heterocycles. The number of halogens is 3. The second kappa shape index (κ2) is 3.32. The highest BCUT2D eigenvalue weighted by atomic mass is 35.5. The molecule has 0 saturated heterocycles. The van der Waals surface area contributed by atoms with E-state index in [0.717, 1.165) is 6.07 Å². The van der Waals surface area contributed by atoms with E-state index in [9.17, 15) is 14.0 Å². The fourth-order valence-electron chi connectivity index (χ4n) is 0.679. The summed E-state index contributed by atoms with van der Waals surface area (Å²) in [6, 6.07) is 1.42. The number of rotatable bonds is 1. The molecule has 1 atom stereocenters. The van der Waals surface area contributed by atoms with E-state index in [1.807, 2.05) is 0 Å². The monoisotopic (exact) mass is 195 g/mol. The van der Waals surface area contributed by atoms with E-state index in [2.05, 4.69) is 0 Å². The van der Waals surface area contributed by atoms with Gasteiger partial charge in [0.1, 0.15) is 0 Å². The van der Waals surface area contributed by atoms with Crippen molar-refractivity contribution in [2.75, 3.05) is 0 Å². The fraction of sp³-hybridized carbons (Fsp3) is 0. The molecular formula is C6H4ClF2NO2. The van der Waals surface area contributed by atoms with Crippen LogP contribution in [0.25, 0.3) is 0 Å². The summed E-state index contributed by atoms with van der Waals surface area (Å²) in [5.41, 5.74) is -0.376. The van der Waals surface area contributed by atoms with Crippen molar-refractivity contribution in [3.63, 3.8) is 0 Å². The maximum Gasteiger partial charge on any atom is 0.177 e. The predicted molar refractivity (Wildman–Crippen MR) is 37.1 cm³/mol. The first-order valence-electron chi connectivity index (χ1n) is 2.90. The van der Waals surface area contributed by atoms with E-state index in [-0.39, 0.29) is 5.69 Å². The van der Waals surface area contributed by atoms with Gasteiger partial charge in [0.2, 0.25) is 0 Å². The van der Waals surface area contributed by atoms with Crippen molar-refractivity contribution in [1.82, 2.24) is 0 Å². The van der Waals surface area contributed by atoms with Crippen LogP contribution in [0.4, 0.5) is 14.5 Å². The van der Waals surface area contributed by atoms with Crippen LogP contribution in [0.15, 0.2) is 12.1 Å². The van der Waals surface area contributed by atoms with E-state index in [0.29, 0.717) is 6.07 Å². The van der Waals surface area contributed by atoms with Gasteiger partial charge >= 0.3 is 0 Å². The van der Waals surface area contributed by atoms with Gasteiger partial charge in [0.15, 0.2) is 17.3 Å². The predicted octanol–water partition coefficient (Wildman–Crippen LogP) is 1.02. The highest BCUT2D eigenvalue weighted by molar-refractivity contribution is 6.30. The minimum Gasteiger partial charge on any atom is -0.595 e. The average molecular weight is 196 g/mol. The Balaban J connectivity index is 3.21. The second-order valence-electron chi connectivity index (χ2n) is 2.06. The molecule has 1 aromatic carbocycles. The van der Waals surface area contributed by atoms with Crippen LogP contribution in [-0.4, -0.2) is 5.21 Å². The van der Waals surface area contributed by atoms with Crippen molar-refractivity contribution in [3.05, 3.63) is 34.0 Å². The van der Waals surface area contributed by atoms with Gasteiger partial charge < -0.3 is 5.21 Å². The summed E-state index contributed by atoms with van der Waals surface area (Å²) >= 11 is 5.18. The fourth-order valence-corrected chi connectivity index (χ4v) is 0.887. The van der Waals surface area contributed by atoms with Crippen LogP contribution in [0, 0.1) is 16.8 Å². The van der Waals surface area contributed by atoms with E-state index in [1.54, 1.807) is 0 Å². The Morgan fingerprint density at radius 3 is 2.42 bits per heavy atom. The Morgan fingerprint density at radius 1 is 1.42 bits per heavy atom. The molecule has 0 aliphatic heterocycles. The molecule has 12 heavy (non-hydrogen) atoms. The number of quaternary nitrogens is 1. The topological polar surface area (TPSA) is 47.7 Å². The Morgan fingerprint density at radius 2 is 2.00 bits per heavy atom. The summed E-state index contributed by atoms with van der Waals surface area (Å²) in [7, 11) is 0. The standard InChI is InChI=1S/C6H4ClF2NO2/c7-4-1-3(10(11)12)2-5(8)6(4)9/h1-2,10-11H. The molecule has 0 radical (unpaired) electrons. The molecule has 1 aromatic rings. The van der Waals surface area contributed by atoms with Crippen LogP contribution >= 0.6 is 11.6 Å². The lowest BCUT2D eigenvalue weighted by molar-refractivity contribution is -0.991. The van der Waals surface area contributed by atoms with Gasteiger partial charge in [-0.3, -0.25) is 0 Å². The van der Waals surface area contributed by atoms with Gasteiger partial charge in [0, 0.05) is 12.1 Å². The summed E-state index contributed by atoms with van der Waals surface area (Å²) < 4.78 is 25.0. The summed E-state index contributed by atoms with van der Waals surface area (Å²) in [4.78, 5) is 0. The first kappa shape index (κ1) is 9.34. The third-order valence-corrected chi connectivity index (χ3v) is 1.51. The highest BCUT2D eigenvalue weighted by Gasteiger charge is 2.12. The minimum absolute atomic E-state index is 0.376. The summed E-state index contributed by atoms with van der Waals surface area (Å²) in [5.74, 6) is -2.50. The van der Waals surface area contributed by atoms with Crippen LogP contribution < -0.4 is 5.23 Å². The van der Waals surface area contributed by atoms with Crippen LogP contribution in [0.1, 0.15) is 0 Å². The molecule has 1 rings (SSSR count). The molecule has 0 aliphatic carbocycles. The van der Waals surface area contributed by atoms with Crippen molar-refractivity contribution >= 4 is 17.3 Å². The second-order valence-corrected chi connectivity index (χ2v) is 2.47. The van der Waals surface area contributed by atoms with Crippen LogP contribution in [0.5, 0.6) is 0 Å². The zero-order valence-electron chi connectivity index (χ0n) is 5.64. The molecule has 0 fully saturated rings. The Labute approximate surface area is 71.3 Å². The van der Waals surface area contributed by atoms with Crippen molar-refractivity contribution in [3.8, 4) is 0 Å². The Kier molecular flexibility index (Phi) is 2.58. The molecule has 0 bridgehead atoms. The zero-order chi connectivity index (χ0) is 9.30. The third kappa shape index (κ3) is 1.70. The maximum atomic E-state index is 12.5. The van der Waals surface area contributed by atoms with Gasteiger partial charge in [-0.2, -0.15) is 5.23 Å². The van der Waals surface area contributed by atoms with Crippen LogP contribution in [-0.2, 0) is 0 Å². The minimum atomic E-state index is -1.35. The average Bonchev–Trinajstić information content (AvgIpc) is 1.99. The number of hydrogen-bond acceptors (Lipinski definition) is 2. The summed E-state index contributed by atoms with van der Waals surface area (Å²) in [6.07, 6.45) is 0. The van der Waals surface area contributed by atoms with Crippen LogP contribution in [0.3, 0.4) is 0 Å². The molecule has 0 aliphatic rings. The molecule has 0 saturated carbocycles. The number of benzene rings is 1. The van der Waals surface area contributed by atoms with Gasteiger partial charge in [0.25, 0.3) is 0 Å². The van der Waals surface area contributed by atoms with Gasteiger partial charge in [-0.15, -0.1) is 0 Å². The van der Waals surface area contributed by atoms with Gasteiger partial charge in [-0.05, 0) is 0 Å². The molecule has 0 amide bonds. The zero-order valence-corrected chi connectivity index (χ0v) is 6.40. The van der Waals surface area contributed by atoms with Crippen molar-refractivity contribution in [1.29, 1.82) is 0 Å². The first-order valence-corrected chi connectivity index (χ1v) is 3.28. The molecule has 6 heteroatoms. The summed E-state index contributed by atoms with van der Waals surface area (Å²) in [5, 5.41) is 16.8. The van der Waals surface area contributed by atoms with Crippen molar-refractivity contribution in [2.24, 2.45) is 0 Å². The number of hydrogen-bond donors (Lipinski definition) is 2. The highest BCUT2D eigenvalue weighted by Crippen LogP contribution is 2.20. The smallest absolute Gasteiger partial charge is 0.177 e. The molecule has 0 aromatic heterocycles. The van der Waals surface area contributed by atoms with E-state index >= 15 is 0 Å². The van der Waals surface area contributed by atoms with Crippen molar-refractivity contribution in [2.45, 2.75) is 0 Å².